The highest BCUT2D eigenvalue weighted by Crippen LogP contribution is 2.25. The Bertz CT molecular complexity index is 375. The zero-order valence-electron chi connectivity index (χ0n) is 8.74. The lowest BCUT2D eigenvalue weighted by atomic mass is 10.2. The number of hydrogen-bond acceptors (Lipinski definition) is 3. The van der Waals surface area contributed by atoms with Crippen LogP contribution in [0.4, 0.5) is 0 Å². The topological polar surface area (TPSA) is 44.9 Å². The van der Waals surface area contributed by atoms with Crippen LogP contribution in [-0.2, 0) is 7.05 Å². The molecular weight excluding hydrogens is 200 g/mol. The summed E-state index contributed by atoms with van der Waals surface area (Å²) in [6.45, 7) is 1.86. The molecule has 4 nitrogen and oxygen atoms in total. The average Bonchev–Trinajstić information content (AvgIpc) is 2.32. The first kappa shape index (κ1) is 11.0. The largest absolute Gasteiger partial charge is 0.332 e. The highest BCUT2D eigenvalue weighted by Gasteiger charge is 2.22. The molecule has 14 heavy (non-hydrogen) atoms. The molecule has 0 saturated carbocycles. The first-order valence-corrected chi connectivity index (χ1v) is 4.61. The Kier molecular flexibility index (Phi) is 3.14. The summed E-state index contributed by atoms with van der Waals surface area (Å²) in [5, 5.41) is 9.42. The van der Waals surface area contributed by atoms with E-state index in [0.29, 0.717) is 5.15 Å². The molecule has 1 unspecified atom stereocenters. The molecule has 1 rings (SSSR count). The molecule has 0 spiro atoms. The number of nitriles is 1. The highest BCUT2D eigenvalue weighted by molar-refractivity contribution is 6.30. The smallest absolute Gasteiger partial charge is 0.153 e. The summed E-state index contributed by atoms with van der Waals surface area (Å²) in [7, 11) is 5.54. The Morgan fingerprint density at radius 3 is 2.43 bits per heavy atom. The quantitative estimate of drug-likeness (QED) is 0.747. The Balaban J connectivity index is 3.24. The number of aryl methyl sites for hydroxylation is 1. The Labute approximate surface area is 88.7 Å². The third kappa shape index (κ3) is 1.74. The summed E-state index contributed by atoms with van der Waals surface area (Å²) >= 11 is 5.96. The minimum Gasteiger partial charge on any atom is -0.332 e. The van der Waals surface area contributed by atoms with Crippen LogP contribution in [0.3, 0.4) is 0 Å². The molecule has 0 amide bonds. The fourth-order valence-electron chi connectivity index (χ4n) is 1.30. The monoisotopic (exact) mass is 212 g/mol. The zero-order valence-corrected chi connectivity index (χ0v) is 9.50. The molecule has 0 fully saturated rings. The van der Waals surface area contributed by atoms with Crippen molar-refractivity contribution in [2.45, 2.75) is 13.0 Å². The van der Waals surface area contributed by atoms with Crippen molar-refractivity contribution in [1.29, 1.82) is 5.26 Å². The molecule has 0 N–H and O–H groups in total. The van der Waals surface area contributed by atoms with Crippen molar-refractivity contribution >= 4 is 11.6 Å². The van der Waals surface area contributed by atoms with Crippen LogP contribution in [0.2, 0.25) is 5.15 Å². The van der Waals surface area contributed by atoms with Crippen LogP contribution >= 0.6 is 11.6 Å². The van der Waals surface area contributed by atoms with Gasteiger partial charge in [0.15, 0.2) is 5.15 Å². The maximum Gasteiger partial charge on any atom is 0.153 e. The van der Waals surface area contributed by atoms with E-state index in [4.69, 9.17) is 16.9 Å². The first-order chi connectivity index (χ1) is 6.49. The molecule has 0 radical (unpaired) electrons. The van der Waals surface area contributed by atoms with Gasteiger partial charge < -0.3 is 4.57 Å². The van der Waals surface area contributed by atoms with Crippen LogP contribution in [0.5, 0.6) is 0 Å². The molecule has 0 saturated heterocycles. The summed E-state index contributed by atoms with van der Waals surface area (Å²) in [5.41, 5.74) is 0.747. The fourth-order valence-corrected chi connectivity index (χ4v) is 1.66. The van der Waals surface area contributed by atoms with E-state index in [9.17, 15) is 0 Å². The summed E-state index contributed by atoms with van der Waals surface area (Å²) in [6.07, 6.45) is 0. The van der Waals surface area contributed by atoms with Crippen molar-refractivity contribution in [1.82, 2.24) is 14.5 Å². The molecule has 1 atom stereocenters. The second-order valence-electron chi connectivity index (χ2n) is 3.39. The van der Waals surface area contributed by atoms with Crippen LogP contribution in [0.25, 0.3) is 0 Å². The molecule has 0 bridgehead atoms. The average molecular weight is 213 g/mol. The number of aromatic nitrogens is 2. The van der Waals surface area contributed by atoms with Crippen molar-refractivity contribution in [3.8, 4) is 6.07 Å². The maximum atomic E-state index is 9.02. The molecule has 0 aliphatic heterocycles. The zero-order chi connectivity index (χ0) is 10.9. The molecule has 1 aromatic rings. The fraction of sp³-hybridized carbons (Fsp3) is 0.556. The Morgan fingerprint density at radius 2 is 2.14 bits per heavy atom. The SMILES string of the molecule is Cc1nc(Cl)c(C(C#N)N(C)C)n1C. The molecule has 0 aromatic carbocycles. The van der Waals surface area contributed by atoms with E-state index in [0.717, 1.165) is 11.5 Å². The van der Waals surface area contributed by atoms with Gasteiger partial charge in [-0.05, 0) is 21.0 Å². The summed E-state index contributed by atoms with van der Waals surface area (Å²) in [4.78, 5) is 5.92. The van der Waals surface area contributed by atoms with Crippen molar-refractivity contribution in [3.05, 3.63) is 16.7 Å². The van der Waals surface area contributed by atoms with E-state index in [-0.39, 0.29) is 6.04 Å². The number of rotatable bonds is 2. The van der Waals surface area contributed by atoms with Gasteiger partial charge in [-0.3, -0.25) is 4.90 Å². The van der Waals surface area contributed by atoms with Gasteiger partial charge in [0.2, 0.25) is 0 Å². The molecule has 0 aliphatic carbocycles. The van der Waals surface area contributed by atoms with Gasteiger partial charge >= 0.3 is 0 Å². The minimum atomic E-state index is -0.353. The van der Waals surface area contributed by atoms with Gasteiger partial charge in [0, 0.05) is 7.05 Å². The van der Waals surface area contributed by atoms with Gasteiger partial charge in [-0.1, -0.05) is 11.6 Å². The molecule has 1 aromatic heterocycles. The van der Waals surface area contributed by atoms with Crippen molar-refractivity contribution in [3.63, 3.8) is 0 Å². The number of nitrogens with zero attached hydrogens (tertiary/aromatic N) is 4. The van der Waals surface area contributed by atoms with Crippen LogP contribution < -0.4 is 0 Å². The number of halogens is 1. The maximum absolute atomic E-state index is 9.02. The summed E-state index contributed by atoms with van der Waals surface area (Å²) < 4.78 is 1.84. The van der Waals surface area contributed by atoms with Crippen LogP contribution in [0.1, 0.15) is 17.6 Å². The van der Waals surface area contributed by atoms with Gasteiger partial charge in [-0.25, -0.2) is 4.98 Å². The van der Waals surface area contributed by atoms with Crippen LogP contribution in [-0.4, -0.2) is 28.5 Å². The van der Waals surface area contributed by atoms with Gasteiger partial charge in [0.25, 0.3) is 0 Å². The summed E-state index contributed by atoms with van der Waals surface area (Å²) in [5.74, 6) is 0.812. The Morgan fingerprint density at radius 1 is 1.57 bits per heavy atom. The first-order valence-electron chi connectivity index (χ1n) is 4.23. The van der Waals surface area contributed by atoms with Gasteiger partial charge in [-0.15, -0.1) is 0 Å². The van der Waals surface area contributed by atoms with E-state index in [1.165, 1.54) is 0 Å². The van der Waals surface area contributed by atoms with Crippen molar-refractivity contribution in [2.75, 3.05) is 14.1 Å². The molecule has 5 heteroatoms. The Hall–Kier alpha value is -1.05. The molecular formula is C9H13ClN4. The lowest BCUT2D eigenvalue weighted by molar-refractivity contribution is 0.346. The van der Waals surface area contributed by atoms with E-state index in [1.54, 1.807) is 0 Å². The number of hydrogen-bond donors (Lipinski definition) is 0. The lowest BCUT2D eigenvalue weighted by Gasteiger charge is -2.17. The van der Waals surface area contributed by atoms with Crippen molar-refractivity contribution in [2.24, 2.45) is 7.05 Å². The molecule has 76 valence electrons. The predicted octanol–water partition coefficient (Wildman–Crippen LogP) is 1.51. The van der Waals surface area contributed by atoms with Crippen LogP contribution in [0, 0.1) is 18.3 Å². The second-order valence-corrected chi connectivity index (χ2v) is 3.75. The van der Waals surface area contributed by atoms with Gasteiger partial charge in [0.05, 0.1) is 11.8 Å². The number of imidazole rings is 1. The molecule has 0 aliphatic rings. The standard InChI is InChI=1S/C9H13ClN4/c1-6-12-9(10)8(14(6)4)7(5-11)13(2)3/h7H,1-4H3. The third-order valence-electron chi connectivity index (χ3n) is 2.22. The van der Waals surface area contributed by atoms with Gasteiger partial charge in [0.1, 0.15) is 11.9 Å². The van der Waals surface area contributed by atoms with E-state index in [1.807, 2.05) is 37.5 Å². The van der Waals surface area contributed by atoms with Gasteiger partial charge in [-0.2, -0.15) is 5.26 Å². The second kappa shape index (κ2) is 3.99. The minimum absolute atomic E-state index is 0.353. The molecule has 1 heterocycles. The van der Waals surface area contributed by atoms with Crippen molar-refractivity contribution < 1.29 is 0 Å². The van der Waals surface area contributed by atoms with E-state index in [2.05, 4.69) is 11.1 Å². The normalized spacial score (nSPS) is 12.9. The highest BCUT2D eigenvalue weighted by atomic mass is 35.5. The van der Waals surface area contributed by atoms with Crippen LogP contribution in [0.15, 0.2) is 0 Å². The van der Waals surface area contributed by atoms with E-state index < -0.39 is 0 Å². The summed E-state index contributed by atoms with van der Waals surface area (Å²) in [6, 6.07) is 1.84. The predicted molar refractivity (Wildman–Crippen MR) is 55.0 cm³/mol. The lowest BCUT2D eigenvalue weighted by Crippen LogP contribution is -2.21. The van der Waals surface area contributed by atoms with E-state index >= 15 is 0 Å². The third-order valence-corrected chi connectivity index (χ3v) is 2.49.